The maximum absolute atomic E-state index is 12.3. The number of fused-ring (bicyclic) bond motifs is 1. The van der Waals surface area contributed by atoms with Crippen LogP contribution in [-0.2, 0) is 9.47 Å². The van der Waals surface area contributed by atoms with Gasteiger partial charge in [-0.3, -0.25) is 4.98 Å². The van der Waals surface area contributed by atoms with Crippen LogP contribution in [0.15, 0.2) is 28.9 Å². The number of rotatable bonds is 3. The SMILES string of the molecule is CCOC(=O)c1cnc2cc(Br)ccc2c1N1CCOCC1. The average Bonchev–Trinajstić information content (AvgIpc) is 2.54. The van der Waals surface area contributed by atoms with Crippen molar-refractivity contribution in [2.24, 2.45) is 0 Å². The highest BCUT2D eigenvalue weighted by Gasteiger charge is 2.23. The largest absolute Gasteiger partial charge is 0.462 e. The molecular weight excluding hydrogens is 348 g/mol. The van der Waals surface area contributed by atoms with Crippen molar-refractivity contribution in [1.29, 1.82) is 0 Å². The third-order valence-corrected chi connectivity index (χ3v) is 4.12. The van der Waals surface area contributed by atoms with Crippen LogP contribution in [0, 0.1) is 0 Å². The number of anilines is 1. The van der Waals surface area contributed by atoms with Gasteiger partial charge < -0.3 is 14.4 Å². The van der Waals surface area contributed by atoms with Crippen molar-refractivity contribution in [2.45, 2.75) is 6.92 Å². The van der Waals surface area contributed by atoms with E-state index < -0.39 is 0 Å². The number of hydrogen-bond donors (Lipinski definition) is 0. The summed E-state index contributed by atoms with van der Waals surface area (Å²) in [7, 11) is 0. The molecular formula is C16H17BrN2O3. The minimum atomic E-state index is -0.332. The molecule has 0 aliphatic carbocycles. The first-order valence-electron chi connectivity index (χ1n) is 7.28. The van der Waals surface area contributed by atoms with Gasteiger partial charge in [0, 0.05) is 29.1 Å². The van der Waals surface area contributed by atoms with E-state index in [1.165, 1.54) is 0 Å². The molecule has 0 bridgehead atoms. The fourth-order valence-corrected chi connectivity index (χ4v) is 2.99. The normalized spacial score (nSPS) is 15.1. The zero-order valence-electron chi connectivity index (χ0n) is 12.3. The highest BCUT2D eigenvalue weighted by molar-refractivity contribution is 9.10. The van der Waals surface area contributed by atoms with E-state index in [0.29, 0.717) is 25.4 Å². The Bertz CT molecular complexity index is 699. The van der Waals surface area contributed by atoms with Crippen LogP contribution < -0.4 is 4.90 Å². The molecule has 1 aromatic carbocycles. The van der Waals surface area contributed by atoms with E-state index in [4.69, 9.17) is 9.47 Å². The van der Waals surface area contributed by atoms with Crippen molar-refractivity contribution in [3.8, 4) is 0 Å². The minimum Gasteiger partial charge on any atom is -0.462 e. The monoisotopic (exact) mass is 364 g/mol. The standard InChI is InChI=1S/C16H17BrN2O3/c1-2-22-16(20)13-10-18-14-9-11(17)3-4-12(14)15(13)19-5-7-21-8-6-19/h3-4,9-10H,2,5-8H2,1H3. The van der Waals surface area contributed by atoms with Gasteiger partial charge in [-0.15, -0.1) is 0 Å². The molecule has 0 radical (unpaired) electrons. The summed E-state index contributed by atoms with van der Waals surface area (Å²) in [6.07, 6.45) is 1.61. The van der Waals surface area contributed by atoms with Crippen molar-refractivity contribution >= 4 is 38.5 Å². The quantitative estimate of drug-likeness (QED) is 0.783. The third-order valence-electron chi connectivity index (χ3n) is 3.63. The minimum absolute atomic E-state index is 0.332. The lowest BCUT2D eigenvalue weighted by atomic mass is 10.1. The van der Waals surface area contributed by atoms with Crippen LogP contribution in [0.2, 0.25) is 0 Å². The van der Waals surface area contributed by atoms with E-state index in [1.54, 1.807) is 13.1 Å². The highest BCUT2D eigenvalue weighted by atomic mass is 79.9. The number of hydrogen-bond acceptors (Lipinski definition) is 5. The van der Waals surface area contributed by atoms with Crippen LogP contribution in [0.4, 0.5) is 5.69 Å². The molecule has 3 rings (SSSR count). The number of halogens is 1. The maximum Gasteiger partial charge on any atom is 0.341 e. The zero-order chi connectivity index (χ0) is 15.5. The Morgan fingerprint density at radius 3 is 2.91 bits per heavy atom. The highest BCUT2D eigenvalue weighted by Crippen LogP contribution is 2.32. The molecule has 1 aliphatic rings. The summed E-state index contributed by atoms with van der Waals surface area (Å²) in [6.45, 7) is 4.96. The number of benzene rings is 1. The van der Waals surface area contributed by atoms with Crippen LogP contribution in [0.3, 0.4) is 0 Å². The van der Waals surface area contributed by atoms with E-state index in [0.717, 1.165) is 34.2 Å². The summed E-state index contributed by atoms with van der Waals surface area (Å²) in [5.74, 6) is -0.332. The van der Waals surface area contributed by atoms with Crippen molar-refractivity contribution < 1.29 is 14.3 Å². The Morgan fingerprint density at radius 2 is 2.18 bits per heavy atom. The van der Waals surface area contributed by atoms with Crippen LogP contribution in [0.25, 0.3) is 10.9 Å². The van der Waals surface area contributed by atoms with Gasteiger partial charge in [0.2, 0.25) is 0 Å². The molecule has 2 heterocycles. The Labute approximate surface area is 137 Å². The molecule has 2 aromatic rings. The van der Waals surface area contributed by atoms with Gasteiger partial charge in [0.25, 0.3) is 0 Å². The van der Waals surface area contributed by atoms with Gasteiger partial charge in [-0.25, -0.2) is 4.79 Å². The molecule has 0 atom stereocenters. The number of morpholine rings is 1. The second-order valence-electron chi connectivity index (χ2n) is 5.00. The molecule has 0 amide bonds. The molecule has 116 valence electrons. The molecule has 1 fully saturated rings. The molecule has 0 saturated carbocycles. The van der Waals surface area contributed by atoms with Gasteiger partial charge in [0.05, 0.1) is 31.0 Å². The lowest BCUT2D eigenvalue weighted by Gasteiger charge is -2.31. The van der Waals surface area contributed by atoms with Gasteiger partial charge in [-0.05, 0) is 25.1 Å². The van der Waals surface area contributed by atoms with Gasteiger partial charge >= 0.3 is 5.97 Å². The van der Waals surface area contributed by atoms with Gasteiger partial charge in [-0.1, -0.05) is 15.9 Å². The summed E-state index contributed by atoms with van der Waals surface area (Å²) in [5.41, 5.74) is 2.25. The van der Waals surface area contributed by atoms with Crippen LogP contribution >= 0.6 is 15.9 Å². The van der Waals surface area contributed by atoms with E-state index in [9.17, 15) is 4.79 Å². The second-order valence-corrected chi connectivity index (χ2v) is 5.92. The van der Waals surface area contributed by atoms with Crippen molar-refractivity contribution in [2.75, 3.05) is 37.8 Å². The Kier molecular flexibility index (Phi) is 4.59. The number of esters is 1. The molecule has 1 saturated heterocycles. The topological polar surface area (TPSA) is 51.7 Å². The predicted molar refractivity (Wildman–Crippen MR) is 88.4 cm³/mol. The molecule has 6 heteroatoms. The number of nitrogens with zero attached hydrogens (tertiary/aromatic N) is 2. The zero-order valence-corrected chi connectivity index (χ0v) is 13.9. The summed E-state index contributed by atoms with van der Waals surface area (Å²) >= 11 is 3.46. The summed E-state index contributed by atoms with van der Waals surface area (Å²) < 4.78 is 11.6. The van der Waals surface area contributed by atoms with Crippen molar-refractivity contribution in [3.63, 3.8) is 0 Å². The lowest BCUT2D eigenvalue weighted by molar-refractivity contribution is 0.0526. The Hall–Kier alpha value is -1.66. The van der Waals surface area contributed by atoms with Gasteiger partial charge in [0.15, 0.2) is 0 Å². The average molecular weight is 365 g/mol. The molecule has 5 nitrogen and oxygen atoms in total. The van der Waals surface area contributed by atoms with E-state index in [2.05, 4.69) is 25.8 Å². The molecule has 0 spiro atoms. The summed E-state index contributed by atoms with van der Waals surface area (Å²) in [5, 5.41) is 0.954. The number of carbonyl (C=O) groups is 1. The number of carbonyl (C=O) groups excluding carboxylic acids is 1. The van der Waals surface area contributed by atoms with Gasteiger partial charge in [0.1, 0.15) is 5.56 Å². The molecule has 1 aromatic heterocycles. The predicted octanol–water partition coefficient (Wildman–Crippen LogP) is 3.01. The first kappa shape index (κ1) is 15.2. The first-order chi connectivity index (χ1) is 10.7. The molecule has 0 unspecified atom stereocenters. The number of pyridine rings is 1. The van der Waals surface area contributed by atoms with E-state index in [1.807, 2.05) is 18.2 Å². The van der Waals surface area contributed by atoms with Gasteiger partial charge in [-0.2, -0.15) is 0 Å². The van der Waals surface area contributed by atoms with E-state index >= 15 is 0 Å². The molecule has 0 N–H and O–H groups in total. The van der Waals surface area contributed by atoms with Crippen LogP contribution in [0.1, 0.15) is 17.3 Å². The number of aromatic nitrogens is 1. The fraction of sp³-hybridized carbons (Fsp3) is 0.375. The second kappa shape index (κ2) is 6.62. The summed E-state index contributed by atoms with van der Waals surface area (Å²) in [6, 6.07) is 5.90. The van der Waals surface area contributed by atoms with Crippen molar-refractivity contribution in [3.05, 3.63) is 34.4 Å². The Balaban J connectivity index is 2.16. The fourth-order valence-electron chi connectivity index (χ4n) is 2.64. The van der Waals surface area contributed by atoms with Crippen LogP contribution in [-0.4, -0.2) is 43.9 Å². The van der Waals surface area contributed by atoms with Crippen molar-refractivity contribution in [1.82, 2.24) is 4.98 Å². The first-order valence-corrected chi connectivity index (χ1v) is 8.08. The molecule has 22 heavy (non-hydrogen) atoms. The summed E-state index contributed by atoms with van der Waals surface area (Å²) in [4.78, 5) is 18.9. The maximum atomic E-state index is 12.3. The lowest BCUT2D eigenvalue weighted by Crippen LogP contribution is -2.37. The smallest absolute Gasteiger partial charge is 0.341 e. The number of ether oxygens (including phenoxy) is 2. The molecule has 1 aliphatic heterocycles. The van der Waals surface area contributed by atoms with E-state index in [-0.39, 0.29) is 5.97 Å². The van der Waals surface area contributed by atoms with Crippen LogP contribution in [0.5, 0.6) is 0 Å². The Morgan fingerprint density at radius 1 is 1.41 bits per heavy atom. The third kappa shape index (κ3) is 2.94.